The van der Waals surface area contributed by atoms with Crippen LogP contribution in [0.5, 0.6) is 0 Å². The van der Waals surface area contributed by atoms with Gasteiger partial charge in [0, 0.05) is 41.6 Å². The number of aryl methyl sites for hydroxylation is 2. The smallest absolute Gasteiger partial charge is 0.248 e. The molecule has 1 saturated heterocycles. The zero-order valence-corrected chi connectivity index (χ0v) is 24.8. The minimum atomic E-state index is -0.656. The lowest BCUT2D eigenvalue weighted by molar-refractivity contribution is -0.138. The fourth-order valence-corrected chi connectivity index (χ4v) is 6.27. The molecule has 4 heterocycles. The van der Waals surface area contributed by atoms with Crippen molar-refractivity contribution in [2.45, 2.75) is 46.4 Å². The summed E-state index contributed by atoms with van der Waals surface area (Å²) in [5.74, 6) is -0.348. The molecule has 1 aliphatic carbocycles. The van der Waals surface area contributed by atoms with E-state index in [-0.39, 0.29) is 53.0 Å². The number of anilines is 1. The lowest BCUT2D eigenvalue weighted by atomic mass is 10.0. The Labute approximate surface area is 249 Å². The number of likely N-dealkylation sites (tertiary alicyclic amines) is 1. The van der Waals surface area contributed by atoms with Gasteiger partial charge in [-0.1, -0.05) is 0 Å². The molecule has 42 heavy (non-hydrogen) atoms. The van der Waals surface area contributed by atoms with Crippen LogP contribution in [0.25, 0.3) is 22.0 Å². The highest BCUT2D eigenvalue weighted by molar-refractivity contribution is 9.10. The van der Waals surface area contributed by atoms with Gasteiger partial charge in [0.05, 0.1) is 5.52 Å². The van der Waals surface area contributed by atoms with Crippen molar-refractivity contribution in [1.82, 2.24) is 24.4 Å². The van der Waals surface area contributed by atoms with E-state index in [9.17, 15) is 23.9 Å². The predicted molar refractivity (Wildman–Crippen MR) is 156 cm³/mol. The van der Waals surface area contributed by atoms with E-state index in [0.29, 0.717) is 28.9 Å². The summed E-state index contributed by atoms with van der Waals surface area (Å²) >= 11 is 3.06. The standard InChI is InChI=1S/C30H28BrFN6O4/c1-14-4-17(19-8-33-24(13-39)34-9-19)6-21-22(16(3)40)11-37(26(14)21)12-25(41)38-10-18-7-20(18)27(38)30(42)36-29-15(2)5-23(32)28(31)35-29/h4-6,8-9,11,18,20,27,39H,7,10,12-13H2,1-3H3,(H,35,36,42)/t18-,20-,27+/m1/s1. The van der Waals surface area contributed by atoms with Crippen LogP contribution >= 0.6 is 15.9 Å². The normalized spacial score (nSPS) is 19.2. The number of fused-ring (bicyclic) bond motifs is 2. The van der Waals surface area contributed by atoms with Crippen LogP contribution in [0.15, 0.2) is 41.4 Å². The first-order valence-electron chi connectivity index (χ1n) is 13.5. The molecule has 0 spiro atoms. The van der Waals surface area contributed by atoms with Gasteiger partial charge in [-0.2, -0.15) is 0 Å². The van der Waals surface area contributed by atoms with Gasteiger partial charge in [0.15, 0.2) is 17.4 Å². The van der Waals surface area contributed by atoms with Crippen molar-refractivity contribution < 1.29 is 23.9 Å². The zero-order valence-electron chi connectivity index (χ0n) is 23.2. The monoisotopic (exact) mass is 634 g/mol. The van der Waals surface area contributed by atoms with E-state index in [4.69, 9.17) is 0 Å². The van der Waals surface area contributed by atoms with Gasteiger partial charge in [0.1, 0.15) is 29.6 Å². The van der Waals surface area contributed by atoms with E-state index >= 15 is 0 Å². The topological polar surface area (TPSA) is 130 Å². The number of benzene rings is 1. The molecule has 1 aliphatic heterocycles. The lowest BCUT2D eigenvalue weighted by Crippen LogP contribution is -2.47. The Kier molecular flexibility index (Phi) is 7.14. The number of aliphatic hydroxyl groups is 1. The highest BCUT2D eigenvalue weighted by Gasteiger charge is 2.56. The van der Waals surface area contributed by atoms with Crippen LogP contribution in [0.4, 0.5) is 10.2 Å². The maximum absolute atomic E-state index is 13.9. The number of piperidine rings is 1. The average molecular weight is 635 g/mol. The third-order valence-corrected chi connectivity index (χ3v) is 8.69. The highest BCUT2D eigenvalue weighted by atomic mass is 79.9. The van der Waals surface area contributed by atoms with E-state index in [0.717, 1.165) is 28.6 Å². The molecule has 0 bridgehead atoms. The Morgan fingerprint density at radius 1 is 1.12 bits per heavy atom. The Balaban J connectivity index is 1.29. The summed E-state index contributed by atoms with van der Waals surface area (Å²) in [6.45, 7) is 5.24. The van der Waals surface area contributed by atoms with Gasteiger partial charge in [0.25, 0.3) is 0 Å². The molecule has 4 aromatic rings. The minimum Gasteiger partial charge on any atom is -0.388 e. The van der Waals surface area contributed by atoms with E-state index in [2.05, 4.69) is 36.2 Å². The van der Waals surface area contributed by atoms with Crippen molar-refractivity contribution in [2.75, 3.05) is 11.9 Å². The molecular formula is C30H28BrFN6O4. The van der Waals surface area contributed by atoms with E-state index in [1.807, 2.05) is 19.1 Å². The maximum Gasteiger partial charge on any atom is 0.248 e. The van der Waals surface area contributed by atoms with Gasteiger partial charge in [-0.25, -0.2) is 19.3 Å². The Bertz CT molecular complexity index is 1770. The number of hydrogen-bond acceptors (Lipinski definition) is 7. The van der Waals surface area contributed by atoms with Crippen LogP contribution in [0.3, 0.4) is 0 Å². The number of amides is 2. The molecule has 2 amide bonds. The van der Waals surface area contributed by atoms with Crippen molar-refractivity contribution in [2.24, 2.45) is 11.8 Å². The molecule has 1 aromatic carbocycles. The predicted octanol–water partition coefficient (Wildman–Crippen LogP) is 4.19. The number of rotatable bonds is 7. The van der Waals surface area contributed by atoms with E-state index < -0.39 is 11.9 Å². The Hall–Kier alpha value is -4.03. The van der Waals surface area contributed by atoms with E-state index in [1.165, 1.54) is 13.0 Å². The van der Waals surface area contributed by atoms with Gasteiger partial charge in [0.2, 0.25) is 11.8 Å². The number of pyridine rings is 1. The minimum absolute atomic E-state index is 0.000964. The summed E-state index contributed by atoms with van der Waals surface area (Å²) in [5, 5.41) is 12.8. The SMILES string of the molecule is CC(=O)c1cn(CC(=O)N2C[C@H]3C[C@H]3[C@H]2C(=O)Nc2nc(Br)c(F)cc2C)c2c(C)cc(-c3cnc(CO)nc3)cc12. The summed E-state index contributed by atoms with van der Waals surface area (Å²) in [6, 6.07) is 4.46. The second-order valence-corrected chi connectivity index (χ2v) is 11.8. The molecule has 10 nitrogen and oxygen atoms in total. The number of aromatic nitrogens is 4. The van der Waals surface area contributed by atoms with E-state index in [1.54, 1.807) is 35.0 Å². The first-order valence-corrected chi connectivity index (χ1v) is 14.3. The van der Waals surface area contributed by atoms with Crippen LogP contribution in [-0.2, 0) is 22.7 Å². The number of halogens is 2. The summed E-state index contributed by atoms with van der Waals surface area (Å²) in [4.78, 5) is 53.8. The second-order valence-electron chi connectivity index (χ2n) is 11.0. The lowest BCUT2D eigenvalue weighted by Gasteiger charge is -2.27. The molecule has 12 heteroatoms. The molecule has 1 saturated carbocycles. The molecule has 0 unspecified atom stereocenters. The molecule has 2 aliphatic rings. The molecule has 216 valence electrons. The van der Waals surface area contributed by atoms with Crippen LogP contribution < -0.4 is 5.32 Å². The van der Waals surface area contributed by atoms with Crippen molar-refractivity contribution in [3.05, 3.63) is 69.7 Å². The Morgan fingerprint density at radius 2 is 1.86 bits per heavy atom. The summed E-state index contributed by atoms with van der Waals surface area (Å²) in [7, 11) is 0. The molecule has 2 N–H and O–H groups in total. The summed E-state index contributed by atoms with van der Waals surface area (Å²) in [5.41, 5.74) is 4.12. The third-order valence-electron chi connectivity index (χ3n) is 8.13. The number of carbonyl (C=O) groups is 3. The Morgan fingerprint density at radius 3 is 2.55 bits per heavy atom. The molecule has 0 radical (unpaired) electrons. The van der Waals surface area contributed by atoms with Gasteiger partial charge in [-0.05, 0) is 89.8 Å². The third kappa shape index (κ3) is 4.98. The molecule has 3 atom stereocenters. The highest BCUT2D eigenvalue weighted by Crippen LogP contribution is 2.50. The summed E-state index contributed by atoms with van der Waals surface area (Å²) in [6.07, 6.45) is 5.81. The second kappa shape index (κ2) is 10.7. The molecule has 3 aromatic heterocycles. The van der Waals surface area contributed by atoms with Crippen molar-refractivity contribution in [1.29, 1.82) is 0 Å². The quantitative estimate of drug-likeness (QED) is 0.230. The van der Waals surface area contributed by atoms with Gasteiger partial charge in [-0.3, -0.25) is 14.4 Å². The van der Waals surface area contributed by atoms with Crippen molar-refractivity contribution in [3.63, 3.8) is 0 Å². The number of aliphatic hydroxyl groups excluding tert-OH is 1. The number of nitrogens with one attached hydrogen (secondary N) is 1. The number of nitrogens with zero attached hydrogens (tertiary/aromatic N) is 5. The zero-order chi connectivity index (χ0) is 29.9. The molecule has 2 fully saturated rings. The van der Waals surface area contributed by atoms with Gasteiger partial charge in [-0.15, -0.1) is 0 Å². The van der Waals surface area contributed by atoms with Crippen LogP contribution in [-0.4, -0.2) is 59.7 Å². The largest absolute Gasteiger partial charge is 0.388 e. The number of Topliss-reactive ketones (excluding diaryl/α,β-unsaturated/α-hetero) is 1. The van der Waals surface area contributed by atoms with Crippen LogP contribution in [0.1, 0.15) is 40.7 Å². The number of hydrogen-bond donors (Lipinski definition) is 2. The van der Waals surface area contributed by atoms with Crippen LogP contribution in [0.2, 0.25) is 0 Å². The van der Waals surface area contributed by atoms with Crippen molar-refractivity contribution in [3.8, 4) is 11.1 Å². The van der Waals surface area contributed by atoms with Gasteiger partial charge < -0.3 is 19.9 Å². The fourth-order valence-electron chi connectivity index (χ4n) is 5.98. The summed E-state index contributed by atoms with van der Waals surface area (Å²) < 4.78 is 15.6. The average Bonchev–Trinajstić information content (AvgIpc) is 3.45. The maximum atomic E-state index is 13.9. The van der Waals surface area contributed by atoms with Crippen molar-refractivity contribution >= 4 is 50.2 Å². The number of carbonyl (C=O) groups excluding carboxylic acids is 3. The first kappa shape index (κ1) is 28.1. The van der Waals surface area contributed by atoms with Crippen LogP contribution in [0, 0.1) is 31.5 Å². The fraction of sp³-hybridized carbons (Fsp3) is 0.333. The molecular weight excluding hydrogens is 607 g/mol. The molecule has 6 rings (SSSR count). The first-order chi connectivity index (χ1) is 20.0. The number of ketones is 1. The van der Waals surface area contributed by atoms with Gasteiger partial charge >= 0.3 is 0 Å².